The van der Waals surface area contributed by atoms with Gasteiger partial charge in [0.2, 0.25) is 5.91 Å². The Hall–Kier alpha value is -1.10. The van der Waals surface area contributed by atoms with Crippen LogP contribution in [-0.2, 0) is 4.79 Å². The van der Waals surface area contributed by atoms with Crippen molar-refractivity contribution in [3.05, 3.63) is 0 Å². The fraction of sp³-hybridized carbons (Fsp3) is 0.895. The molecule has 0 spiro atoms. The first-order chi connectivity index (χ1) is 11.5. The molecule has 0 radical (unpaired) electrons. The summed E-state index contributed by atoms with van der Waals surface area (Å²) in [6.45, 7) is 3.47. The lowest BCUT2D eigenvalue weighted by atomic mass is 9.53. The van der Waals surface area contributed by atoms with Crippen molar-refractivity contribution in [2.24, 2.45) is 17.8 Å². The number of hydrogen-bond donors (Lipinski definition) is 2. The van der Waals surface area contributed by atoms with Crippen molar-refractivity contribution in [1.82, 2.24) is 15.5 Å². The zero-order valence-corrected chi connectivity index (χ0v) is 14.9. The van der Waals surface area contributed by atoms with Crippen LogP contribution in [-0.4, -0.2) is 41.5 Å². The maximum atomic E-state index is 12.4. The Bertz CT molecular complexity index is 483. The lowest BCUT2D eigenvalue weighted by Crippen LogP contribution is -2.62. The zero-order chi connectivity index (χ0) is 16.7. The summed E-state index contributed by atoms with van der Waals surface area (Å²) in [5, 5.41) is 5.81. The van der Waals surface area contributed by atoms with E-state index in [2.05, 4.69) is 22.5 Å². The van der Waals surface area contributed by atoms with Crippen LogP contribution in [0, 0.1) is 17.8 Å². The summed E-state index contributed by atoms with van der Waals surface area (Å²) in [5.41, 5.74) is -0.0302. The molecule has 0 aromatic heterocycles. The van der Waals surface area contributed by atoms with Gasteiger partial charge in [-0.05, 0) is 82.6 Å². The molecule has 0 unspecified atom stereocenters. The monoisotopic (exact) mass is 333 g/mol. The first-order valence-corrected chi connectivity index (χ1v) is 9.87. The second-order valence-corrected chi connectivity index (χ2v) is 9.02. The molecule has 5 nitrogen and oxygen atoms in total. The number of imide groups is 1. The average molecular weight is 333 g/mol. The van der Waals surface area contributed by atoms with Gasteiger partial charge >= 0.3 is 6.03 Å². The molecule has 4 bridgehead atoms. The van der Waals surface area contributed by atoms with E-state index < -0.39 is 0 Å². The Kier molecular flexibility index (Phi) is 4.31. The van der Waals surface area contributed by atoms with E-state index in [0.29, 0.717) is 12.6 Å². The van der Waals surface area contributed by atoms with E-state index in [-0.39, 0.29) is 17.5 Å². The van der Waals surface area contributed by atoms with Crippen LogP contribution in [0.1, 0.15) is 64.7 Å². The topological polar surface area (TPSA) is 61.4 Å². The predicted octanol–water partition coefficient (Wildman–Crippen LogP) is 2.66. The van der Waals surface area contributed by atoms with Crippen LogP contribution in [0.5, 0.6) is 0 Å². The minimum atomic E-state index is -0.272. The van der Waals surface area contributed by atoms with Gasteiger partial charge in [0.25, 0.3) is 0 Å². The summed E-state index contributed by atoms with van der Waals surface area (Å²) >= 11 is 0. The van der Waals surface area contributed by atoms with E-state index in [4.69, 9.17) is 0 Å². The summed E-state index contributed by atoms with van der Waals surface area (Å²) in [6, 6.07) is 0.169. The highest BCUT2D eigenvalue weighted by Gasteiger charge is 2.51. The number of carbonyl (C=O) groups excluding carboxylic acids is 2. The van der Waals surface area contributed by atoms with Crippen LogP contribution in [0.4, 0.5) is 4.79 Å². The summed E-state index contributed by atoms with van der Waals surface area (Å²) in [4.78, 5) is 26.8. The molecule has 1 atom stereocenters. The largest absolute Gasteiger partial charge is 0.332 e. The number of likely N-dealkylation sites (tertiary alicyclic amines) is 1. The maximum Gasteiger partial charge on any atom is 0.321 e. The van der Waals surface area contributed by atoms with Gasteiger partial charge < -0.3 is 5.32 Å². The molecule has 3 amide bonds. The van der Waals surface area contributed by atoms with Crippen LogP contribution in [0.15, 0.2) is 0 Å². The molecule has 1 aliphatic heterocycles. The molecular weight excluding hydrogens is 302 g/mol. The van der Waals surface area contributed by atoms with Crippen molar-refractivity contribution in [1.29, 1.82) is 0 Å². The first kappa shape index (κ1) is 16.4. The predicted molar refractivity (Wildman–Crippen MR) is 92.5 cm³/mol. The fourth-order valence-electron chi connectivity index (χ4n) is 6.28. The van der Waals surface area contributed by atoms with Gasteiger partial charge in [0, 0.05) is 11.6 Å². The Balaban J connectivity index is 1.29. The first-order valence-electron chi connectivity index (χ1n) is 9.87. The minimum Gasteiger partial charge on any atom is -0.332 e. The Morgan fingerprint density at radius 3 is 2.25 bits per heavy atom. The van der Waals surface area contributed by atoms with Crippen LogP contribution in [0.2, 0.25) is 0 Å². The van der Waals surface area contributed by atoms with Crippen molar-refractivity contribution in [3.63, 3.8) is 0 Å². The minimum absolute atomic E-state index is 0.0302. The van der Waals surface area contributed by atoms with Gasteiger partial charge in [-0.2, -0.15) is 0 Å². The molecule has 5 aliphatic rings. The van der Waals surface area contributed by atoms with E-state index in [0.717, 1.165) is 56.4 Å². The molecular formula is C19H31N3O2. The van der Waals surface area contributed by atoms with Gasteiger partial charge in [0.05, 0.1) is 6.54 Å². The third kappa shape index (κ3) is 3.32. The normalized spacial score (nSPS) is 41.2. The summed E-state index contributed by atoms with van der Waals surface area (Å²) < 4.78 is 0. The summed E-state index contributed by atoms with van der Waals surface area (Å²) in [7, 11) is 0. The van der Waals surface area contributed by atoms with Crippen molar-refractivity contribution >= 4 is 11.9 Å². The van der Waals surface area contributed by atoms with Gasteiger partial charge in [0.15, 0.2) is 0 Å². The van der Waals surface area contributed by atoms with Crippen molar-refractivity contribution < 1.29 is 9.59 Å². The highest BCUT2D eigenvalue weighted by atomic mass is 16.2. The number of amides is 3. The van der Waals surface area contributed by atoms with E-state index in [1.165, 1.54) is 25.7 Å². The second-order valence-electron chi connectivity index (χ2n) is 9.02. The smallest absolute Gasteiger partial charge is 0.321 e. The SMILES string of the molecule is C[C@H]1CCCCN1CC(=O)NC(=O)NC12CC3CC(CC(C3)C1)C2. The van der Waals surface area contributed by atoms with E-state index in [1.54, 1.807) is 0 Å². The Morgan fingerprint density at radius 1 is 1.04 bits per heavy atom. The number of piperidine rings is 1. The number of rotatable bonds is 3. The molecule has 1 saturated heterocycles. The van der Waals surface area contributed by atoms with Gasteiger partial charge in [-0.25, -0.2) is 4.79 Å². The van der Waals surface area contributed by atoms with Crippen molar-refractivity contribution in [2.75, 3.05) is 13.1 Å². The van der Waals surface area contributed by atoms with Gasteiger partial charge in [-0.1, -0.05) is 6.42 Å². The zero-order valence-electron chi connectivity index (χ0n) is 14.9. The highest BCUT2D eigenvalue weighted by Crippen LogP contribution is 2.55. The van der Waals surface area contributed by atoms with Crippen LogP contribution < -0.4 is 10.6 Å². The molecule has 2 N–H and O–H groups in total. The molecule has 0 aromatic carbocycles. The molecule has 5 fully saturated rings. The van der Waals surface area contributed by atoms with Gasteiger partial charge in [-0.3, -0.25) is 15.0 Å². The average Bonchev–Trinajstić information content (AvgIpc) is 2.47. The number of urea groups is 1. The third-order valence-corrected chi connectivity index (χ3v) is 6.96. The Morgan fingerprint density at radius 2 is 1.67 bits per heavy atom. The molecule has 4 aliphatic carbocycles. The molecule has 0 aromatic rings. The fourth-order valence-corrected chi connectivity index (χ4v) is 6.28. The lowest BCUT2D eigenvalue weighted by molar-refractivity contribution is -0.122. The Labute approximate surface area is 144 Å². The highest BCUT2D eigenvalue weighted by molar-refractivity contribution is 5.95. The number of carbonyl (C=O) groups is 2. The molecule has 134 valence electrons. The number of nitrogens with zero attached hydrogens (tertiary/aromatic N) is 1. The van der Waals surface area contributed by atoms with E-state index in [1.807, 2.05) is 0 Å². The van der Waals surface area contributed by atoms with Gasteiger partial charge in [-0.15, -0.1) is 0 Å². The maximum absolute atomic E-state index is 12.4. The molecule has 1 heterocycles. The lowest BCUT2D eigenvalue weighted by Gasteiger charge is -2.56. The summed E-state index contributed by atoms with van der Waals surface area (Å²) in [6.07, 6.45) is 10.9. The van der Waals surface area contributed by atoms with Crippen molar-refractivity contribution in [3.8, 4) is 0 Å². The van der Waals surface area contributed by atoms with Crippen LogP contribution >= 0.6 is 0 Å². The summed E-state index contributed by atoms with van der Waals surface area (Å²) in [5.74, 6) is 2.22. The van der Waals surface area contributed by atoms with Crippen molar-refractivity contribution in [2.45, 2.75) is 76.3 Å². The molecule has 4 saturated carbocycles. The second kappa shape index (κ2) is 6.32. The van der Waals surface area contributed by atoms with E-state index >= 15 is 0 Å². The number of nitrogens with one attached hydrogen (secondary N) is 2. The standard InChI is InChI=1S/C19H31N3O2/c1-13-4-2-3-5-22(13)12-17(23)20-18(24)21-19-9-14-6-15(10-19)8-16(7-14)11-19/h13-16H,2-12H2,1H3,(H2,20,21,23,24)/t13-,14?,15?,16?,19?/m0/s1. The quantitative estimate of drug-likeness (QED) is 0.835. The van der Waals surface area contributed by atoms with E-state index in [9.17, 15) is 9.59 Å². The molecule has 5 rings (SSSR count). The van der Waals surface area contributed by atoms with Crippen LogP contribution in [0.25, 0.3) is 0 Å². The number of hydrogen-bond acceptors (Lipinski definition) is 3. The molecule has 5 heteroatoms. The van der Waals surface area contributed by atoms with Gasteiger partial charge in [0.1, 0.15) is 0 Å². The van der Waals surface area contributed by atoms with Crippen LogP contribution in [0.3, 0.4) is 0 Å². The third-order valence-electron chi connectivity index (χ3n) is 6.96. The molecule has 24 heavy (non-hydrogen) atoms.